The van der Waals surface area contributed by atoms with E-state index < -0.39 is 6.09 Å². The summed E-state index contributed by atoms with van der Waals surface area (Å²) in [5.74, 6) is -0.340. The van der Waals surface area contributed by atoms with Crippen molar-refractivity contribution in [1.29, 1.82) is 0 Å². The molecule has 0 radical (unpaired) electrons. The van der Waals surface area contributed by atoms with Crippen LogP contribution in [0.5, 0.6) is 0 Å². The van der Waals surface area contributed by atoms with Gasteiger partial charge in [-0.3, -0.25) is 4.79 Å². The molecule has 1 aliphatic heterocycles. The minimum Gasteiger partial charge on any atom is -0.439 e. The van der Waals surface area contributed by atoms with Crippen molar-refractivity contribution in [3.8, 4) is 0 Å². The number of anilines is 1. The number of carbonyl (C=O) groups is 2. The van der Waals surface area contributed by atoms with Crippen LogP contribution >= 0.6 is 15.9 Å². The highest BCUT2D eigenvalue weighted by Crippen LogP contribution is 2.22. The number of imide groups is 1. The van der Waals surface area contributed by atoms with Crippen molar-refractivity contribution in [1.82, 2.24) is 0 Å². The number of rotatable bonds is 1. The Morgan fingerprint density at radius 1 is 1.36 bits per heavy atom. The molecule has 2 amide bonds. The van der Waals surface area contributed by atoms with Crippen molar-refractivity contribution < 1.29 is 14.3 Å². The van der Waals surface area contributed by atoms with Crippen molar-refractivity contribution >= 4 is 33.6 Å². The quantitative estimate of drug-likeness (QED) is 0.771. The summed E-state index contributed by atoms with van der Waals surface area (Å²) in [6, 6.07) is 6.92. The highest BCUT2D eigenvalue weighted by atomic mass is 79.9. The zero-order chi connectivity index (χ0) is 10.1. The smallest absolute Gasteiger partial charge is 0.421 e. The second kappa shape index (κ2) is 3.42. The number of hydrogen-bond donors (Lipinski definition) is 0. The van der Waals surface area contributed by atoms with Gasteiger partial charge in [0.25, 0.3) is 5.91 Å². The zero-order valence-electron chi connectivity index (χ0n) is 7.07. The molecule has 1 aromatic carbocycles. The van der Waals surface area contributed by atoms with E-state index in [-0.39, 0.29) is 12.5 Å². The van der Waals surface area contributed by atoms with E-state index in [4.69, 9.17) is 0 Å². The number of cyclic esters (lactones) is 1. The maximum atomic E-state index is 11.3. The van der Waals surface area contributed by atoms with E-state index in [1.54, 1.807) is 18.2 Å². The maximum Gasteiger partial charge on any atom is 0.421 e. The van der Waals surface area contributed by atoms with Crippen LogP contribution in [0.25, 0.3) is 0 Å². The first-order valence-corrected chi connectivity index (χ1v) is 4.73. The molecule has 14 heavy (non-hydrogen) atoms. The average molecular weight is 256 g/mol. The van der Waals surface area contributed by atoms with Crippen LogP contribution in [0.3, 0.4) is 0 Å². The third kappa shape index (κ3) is 1.50. The fraction of sp³-hybridized carbons (Fsp3) is 0.111. The minimum absolute atomic E-state index is 0.175. The molecule has 5 heteroatoms. The van der Waals surface area contributed by atoms with E-state index in [0.29, 0.717) is 5.69 Å². The molecular formula is C9H6BrNO3. The maximum absolute atomic E-state index is 11.3. The zero-order valence-corrected chi connectivity index (χ0v) is 8.65. The molecule has 1 aliphatic rings. The lowest BCUT2D eigenvalue weighted by Gasteiger charge is -2.10. The Bertz CT molecular complexity index is 389. The molecular weight excluding hydrogens is 250 g/mol. The molecule has 4 nitrogen and oxygen atoms in total. The van der Waals surface area contributed by atoms with E-state index >= 15 is 0 Å². The normalized spacial score (nSPS) is 15.9. The largest absolute Gasteiger partial charge is 0.439 e. The number of nitrogens with zero attached hydrogens (tertiary/aromatic N) is 1. The molecule has 0 atom stereocenters. The molecule has 0 aromatic heterocycles. The molecule has 1 heterocycles. The lowest BCUT2D eigenvalue weighted by Crippen LogP contribution is -2.28. The Kier molecular flexibility index (Phi) is 2.25. The van der Waals surface area contributed by atoms with Crippen molar-refractivity contribution in [3.63, 3.8) is 0 Å². The van der Waals surface area contributed by atoms with Crippen molar-refractivity contribution in [2.45, 2.75) is 0 Å². The van der Waals surface area contributed by atoms with Crippen LogP contribution in [0.15, 0.2) is 28.7 Å². The van der Waals surface area contributed by atoms with Gasteiger partial charge in [-0.2, -0.15) is 0 Å². The summed E-state index contributed by atoms with van der Waals surface area (Å²) in [7, 11) is 0. The first-order valence-electron chi connectivity index (χ1n) is 3.94. The molecule has 1 aromatic rings. The molecule has 1 saturated heterocycles. The van der Waals surface area contributed by atoms with Crippen molar-refractivity contribution in [2.75, 3.05) is 11.5 Å². The Balaban J connectivity index is 2.39. The van der Waals surface area contributed by atoms with Crippen LogP contribution in [-0.2, 0) is 9.53 Å². The Hall–Kier alpha value is -1.36. The van der Waals surface area contributed by atoms with E-state index in [2.05, 4.69) is 20.7 Å². The van der Waals surface area contributed by atoms with Crippen LogP contribution in [-0.4, -0.2) is 18.6 Å². The van der Waals surface area contributed by atoms with Crippen LogP contribution < -0.4 is 4.90 Å². The van der Waals surface area contributed by atoms with Gasteiger partial charge in [-0.15, -0.1) is 0 Å². The lowest BCUT2D eigenvalue weighted by molar-refractivity contribution is -0.117. The topological polar surface area (TPSA) is 46.6 Å². The standard InChI is InChI=1S/C9H6BrNO3/c10-6-2-1-3-7(4-6)11-8(12)5-14-9(11)13/h1-4H,5H2. The first-order chi connectivity index (χ1) is 6.68. The van der Waals surface area contributed by atoms with Gasteiger partial charge in [-0.1, -0.05) is 22.0 Å². The third-order valence-electron chi connectivity index (χ3n) is 1.82. The number of ether oxygens (including phenoxy) is 1. The van der Waals surface area contributed by atoms with Crippen molar-refractivity contribution in [3.05, 3.63) is 28.7 Å². The fourth-order valence-corrected chi connectivity index (χ4v) is 1.61. The average Bonchev–Trinajstić information content (AvgIpc) is 2.46. The van der Waals surface area contributed by atoms with Gasteiger partial charge in [-0.25, -0.2) is 9.69 Å². The van der Waals surface area contributed by atoms with Gasteiger partial charge >= 0.3 is 6.09 Å². The molecule has 0 unspecified atom stereocenters. The minimum atomic E-state index is -0.617. The lowest BCUT2D eigenvalue weighted by atomic mass is 10.3. The van der Waals surface area contributed by atoms with Crippen molar-refractivity contribution in [2.24, 2.45) is 0 Å². The molecule has 2 rings (SSSR count). The number of hydrogen-bond acceptors (Lipinski definition) is 3. The van der Waals surface area contributed by atoms with E-state index in [0.717, 1.165) is 9.37 Å². The predicted molar refractivity (Wildman–Crippen MR) is 53.0 cm³/mol. The highest BCUT2D eigenvalue weighted by molar-refractivity contribution is 9.10. The molecule has 0 spiro atoms. The predicted octanol–water partition coefficient (Wildman–Crippen LogP) is 1.93. The van der Waals surface area contributed by atoms with Crippen LogP contribution in [0.2, 0.25) is 0 Å². The third-order valence-corrected chi connectivity index (χ3v) is 2.31. The molecule has 72 valence electrons. The Morgan fingerprint density at radius 2 is 2.14 bits per heavy atom. The second-order valence-corrected chi connectivity index (χ2v) is 3.68. The number of amides is 2. The molecule has 0 saturated carbocycles. The molecule has 0 aliphatic carbocycles. The summed E-state index contributed by atoms with van der Waals surface area (Å²) in [6.07, 6.45) is -0.617. The fourth-order valence-electron chi connectivity index (χ4n) is 1.22. The summed E-state index contributed by atoms with van der Waals surface area (Å²) in [4.78, 5) is 23.4. The first kappa shape index (κ1) is 9.21. The van der Waals surface area contributed by atoms with Crippen LogP contribution in [0, 0.1) is 0 Å². The van der Waals surface area contributed by atoms with Gasteiger partial charge in [0.05, 0.1) is 5.69 Å². The summed E-state index contributed by atoms with van der Waals surface area (Å²) in [6.45, 7) is -0.175. The van der Waals surface area contributed by atoms with Crippen LogP contribution in [0.4, 0.5) is 10.5 Å². The summed E-state index contributed by atoms with van der Waals surface area (Å²) in [5.41, 5.74) is 0.520. The summed E-state index contributed by atoms with van der Waals surface area (Å²) < 4.78 is 5.40. The van der Waals surface area contributed by atoms with E-state index in [9.17, 15) is 9.59 Å². The van der Waals surface area contributed by atoms with Crippen LogP contribution in [0.1, 0.15) is 0 Å². The molecule has 1 fully saturated rings. The summed E-state index contributed by atoms with van der Waals surface area (Å²) in [5, 5.41) is 0. The van der Waals surface area contributed by atoms with E-state index in [1.165, 1.54) is 0 Å². The number of benzene rings is 1. The molecule has 0 N–H and O–H groups in total. The SMILES string of the molecule is O=C1COC(=O)N1c1cccc(Br)c1. The molecule has 0 bridgehead atoms. The van der Waals surface area contributed by atoms with Gasteiger partial charge < -0.3 is 4.74 Å². The number of carbonyl (C=O) groups excluding carboxylic acids is 2. The highest BCUT2D eigenvalue weighted by Gasteiger charge is 2.32. The second-order valence-electron chi connectivity index (χ2n) is 2.76. The van der Waals surface area contributed by atoms with Gasteiger partial charge in [0.2, 0.25) is 0 Å². The van der Waals surface area contributed by atoms with Gasteiger partial charge in [-0.05, 0) is 18.2 Å². The van der Waals surface area contributed by atoms with Gasteiger partial charge in [0.1, 0.15) is 0 Å². The van der Waals surface area contributed by atoms with E-state index in [1.807, 2.05) is 6.07 Å². The van der Waals surface area contributed by atoms with Gasteiger partial charge in [0, 0.05) is 4.47 Å². The Morgan fingerprint density at radius 3 is 2.71 bits per heavy atom. The Labute approximate surface area is 88.6 Å². The van der Waals surface area contributed by atoms with Gasteiger partial charge in [0.15, 0.2) is 6.61 Å². The monoisotopic (exact) mass is 255 g/mol. The number of halogens is 1. The summed E-state index contributed by atoms with van der Waals surface area (Å²) >= 11 is 3.26.